The van der Waals surface area contributed by atoms with Crippen molar-refractivity contribution >= 4 is 12.0 Å². The number of hydrogen-bond acceptors (Lipinski definition) is 2. The maximum atomic E-state index is 13.0. The second-order valence-electron chi connectivity index (χ2n) is 2.67. The maximum absolute atomic E-state index is 13.0. The molecule has 1 rings (SSSR count). The largest absolute Gasteiger partial charge is 0.398 e. The number of hydrogen-bond donors (Lipinski definition) is 1. The monoisotopic (exact) mass is 167 g/mol. The average Bonchev–Trinajstić information content (AvgIpc) is 2.03. The normalized spacial score (nSPS) is 12.5. The van der Waals surface area contributed by atoms with Gasteiger partial charge in [0.15, 0.2) is 0 Å². The zero-order chi connectivity index (χ0) is 9.14. The fraction of sp³-hybridized carbons (Fsp3) is 0.222. The maximum Gasteiger partial charge on any atom is 0.129 e. The van der Waals surface area contributed by atoms with Crippen molar-refractivity contribution in [2.24, 2.45) is 0 Å². The standard InChI is InChI=1S/C9H10FNO/c1-6(5-12)9-7(10)3-2-4-8(9)11/h2-6H,11H2,1H3. The van der Waals surface area contributed by atoms with Crippen LogP contribution in [-0.4, -0.2) is 6.29 Å². The molecular formula is C9H10FNO. The quantitative estimate of drug-likeness (QED) is 0.538. The number of benzene rings is 1. The number of anilines is 1. The van der Waals surface area contributed by atoms with E-state index in [4.69, 9.17) is 5.73 Å². The molecule has 2 N–H and O–H groups in total. The Bertz CT molecular complexity index is 278. The zero-order valence-corrected chi connectivity index (χ0v) is 6.75. The van der Waals surface area contributed by atoms with E-state index in [1.54, 1.807) is 13.0 Å². The third-order valence-corrected chi connectivity index (χ3v) is 1.75. The Labute approximate surface area is 70.2 Å². The summed E-state index contributed by atoms with van der Waals surface area (Å²) in [6.07, 6.45) is 0.675. The van der Waals surface area contributed by atoms with Gasteiger partial charge in [0.1, 0.15) is 12.1 Å². The molecule has 0 aliphatic carbocycles. The summed E-state index contributed by atoms with van der Waals surface area (Å²) in [5.74, 6) is -0.902. The summed E-state index contributed by atoms with van der Waals surface area (Å²) >= 11 is 0. The van der Waals surface area contributed by atoms with Gasteiger partial charge < -0.3 is 10.5 Å². The summed E-state index contributed by atoms with van der Waals surface area (Å²) in [4.78, 5) is 10.4. The van der Waals surface area contributed by atoms with Crippen LogP contribution >= 0.6 is 0 Å². The van der Waals surface area contributed by atoms with Crippen molar-refractivity contribution in [2.45, 2.75) is 12.8 Å². The highest BCUT2D eigenvalue weighted by Gasteiger charge is 2.12. The van der Waals surface area contributed by atoms with E-state index in [9.17, 15) is 9.18 Å². The molecule has 0 fully saturated rings. The number of nitrogen functional groups attached to an aromatic ring is 1. The third-order valence-electron chi connectivity index (χ3n) is 1.75. The van der Waals surface area contributed by atoms with E-state index < -0.39 is 11.7 Å². The molecule has 0 aliphatic heterocycles. The van der Waals surface area contributed by atoms with E-state index in [2.05, 4.69) is 0 Å². The van der Waals surface area contributed by atoms with Crippen LogP contribution in [0.25, 0.3) is 0 Å². The van der Waals surface area contributed by atoms with Crippen LogP contribution in [-0.2, 0) is 4.79 Å². The molecule has 0 saturated heterocycles. The van der Waals surface area contributed by atoms with Crippen LogP contribution in [0.3, 0.4) is 0 Å². The first-order valence-electron chi connectivity index (χ1n) is 3.66. The van der Waals surface area contributed by atoms with Crippen LogP contribution in [0.4, 0.5) is 10.1 Å². The molecule has 0 bridgehead atoms. The fourth-order valence-electron chi connectivity index (χ4n) is 1.10. The molecule has 0 aliphatic rings. The van der Waals surface area contributed by atoms with E-state index in [1.807, 2.05) is 0 Å². The lowest BCUT2D eigenvalue weighted by Gasteiger charge is -2.08. The Kier molecular flexibility index (Phi) is 2.43. The molecule has 0 saturated carbocycles. The van der Waals surface area contributed by atoms with Gasteiger partial charge in [-0.05, 0) is 12.1 Å². The lowest BCUT2D eigenvalue weighted by molar-refractivity contribution is -0.108. The Morgan fingerprint density at radius 3 is 2.75 bits per heavy atom. The lowest BCUT2D eigenvalue weighted by Crippen LogP contribution is -2.03. The summed E-state index contributed by atoms with van der Waals surface area (Å²) in [6.45, 7) is 1.61. The number of aldehydes is 1. The zero-order valence-electron chi connectivity index (χ0n) is 6.75. The summed E-state index contributed by atoms with van der Waals surface area (Å²) in [5.41, 5.74) is 6.11. The smallest absolute Gasteiger partial charge is 0.129 e. The Morgan fingerprint density at radius 1 is 1.58 bits per heavy atom. The second-order valence-corrected chi connectivity index (χ2v) is 2.67. The highest BCUT2D eigenvalue weighted by Crippen LogP contribution is 2.23. The number of carbonyl (C=O) groups excluding carboxylic acids is 1. The van der Waals surface area contributed by atoms with Crippen molar-refractivity contribution in [3.05, 3.63) is 29.6 Å². The van der Waals surface area contributed by atoms with E-state index in [1.165, 1.54) is 12.1 Å². The van der Waals surface area contributed by atoms with Gasteiger partial charge in [-0.1, -0.05) is 13.0 Å². The molecule has 1 aromatic rings. The van der Waals surface area contributed by atoms with Crippen molar-refractivity contribution in [2.75, 3.05) is 5.73 Å². The van der Waals surface area contributed by atoms with E-state index in [0.717, 1.165) is 0 Å². The summed E-state index contributed by atoms with van der Waals surface area (Å²) < 4.78 is 13.0. The molecule has 12 heavy (non-hydrogen) atoms. The van der Waals surface area contributed by atoms with Crippen molar-refractivity contribution < 1.29 is 9.18 Å². The number of rotatable bonds is 2. The van der Waals surface area contributed by atoms with Crippen LogP contribution in [0, 0.1) is 5.82 Å². The topological polar surface area (TPSA) is 43.1 Å². The van der Waals surface area contributed by atoms with Crippen LogP contribution in [0.5, 0.6) is 0 Å². The van der Waals surface area contributed by atoms with Crippen LogP contribution in [0.2, 0.25) is 0 Å². The van der Waals surface area contributed by atoms with Gasteiger partial charge in [-0.15, -0.1) is 0 Å². The Balaban J connectivity index is 3.20. The predicted molar refractivity (Wildman–Crippen MR) is 45.3 cm³/mol. The third kappa shape index (κ3) is 1.44. The molecular weight excluding hydrogens is 157 g/mol. The van der Waals surface area contributed by atoms with Crippen LogP contribution in [0.1, 0.15) is 18.4 Å². The molecule has 0 radical (unpaired) electrons. The van der Waals surface area contributed by atoms with Gasteiger partial charge in [0, 0.05) is 17.2 Å². The Morgan fingerprint density at radius 2 is 2.25 bits per heavy atom. The van der Waals surface area contributed by atoms with Gasteiger partial charge in [-0.3, -0.25) is 0 Å². The minimum atomic E-state index is -0.480. The summed E-state index contributed by atoms with van der Waals surface area (Å²) in [7, 11) is 0. The van der Waals surface area contributed by atoms with Crippen LogP contribution < -0.4 is 5.73 Å². The predicted octanol–water partition coefficient (Wildman–Crippen LogP) is 1.71. The second kappa shape index (κ2) is 3.34. The minimum absolute atomic E-state index is 0.285. The molecule has 0 heterocycles. The molecule has 0 aromatic heterocycles. The van der Waals surface area contributed by atoms with Gasteiger partial charge in [0.25, 0.3) is 0 Å². The van der Waals surface area contributed by atoms with Crippen LogP contribution in [0.15, 0.2) is 18.2 Å². The number of carbonyl (C=O) groups is 1. The average molecular weight is 167 g/mol. The first-order chi connectivity index (χ1) is 5.66. The first-order valence-corrected chi connectivity index (χ1v) is 3.66. The van der Waals surface area contributed by atoms with Crippen molar-refractivity contribution in [3.63, 3.8) is 0 Å². The highest BCUT2D eigenvalue weighted by atomic mass is 19.1. The molecule has 2 nitrogen and oxygen atoms in total. The number of halogens is 1. The first kappa shape index (κ1) is 8.71. The van der Waals surface area contributed by atoms with Crippen molar-refractivity contribution in [1.29, 1.82) is 0 Å². The van der Waals surface area contributed by atoms with E-state index in [0.29, 0.717) is 12.0 Å². The SMILES string of the molecule is CC(C=O)c1c(N)cccc1F. The van der Waals surface area contributed by atoms with E-state index in [-0.39, 0.29) is 5.56 Å². The molecule has 1 atom stereocenters. The molecule has 0 amide bonds. The fourth-order valence-corrected chi connectivity index (χ4v) is 1.10. The molecule has 1 aromatic carbocycles. The molecule has 1 unspecified atom stereocenters. The molecule has 0 spiro atoms. The Hall–Kier alpha value is -1.38. The summed E-state index contributed by atoms with van der Waals surface area (Å²) in [5, 5.41) is 0. The van der Waals surface area contributed by atoms with Gasteiger partial charge in [-0.2, -0.15) is 0 Å². The van der Waals surface area contributed by atoms with Gasteiger partial charge >= 0.3 is 0 Å². The van der Waals surface area contributed by atoms with Gasteiger partial charge in [0.05, 0.1) is 0 Å². The number of nitrogens with two attached hydrogens (primary N) is 1. The van der Waals surface area contributed by atoms with Gasteiger partial charge in [-0.25, -0.2) is 4.39 Å². The van der Waals surface area contributed by atoms with Crippen molar-refractivity contribution in [1.82, 2.24) is 0 Å². The molecule has 3 heteroatoms. The minimum Gasteiger partial charge on any atom is -0.398 e. The van der Waals surface area contributed by atoms with E-state index >= 15 is 0 Å². The lowest BCUT2D eigenvalue weighted by atomic mass is 10.0. The molecule has 64 valence electrons. The van der Waals surface area contributed by atoms with Gasteiger partial charge in [0.2, 0.25) is 0 Å². The highest BCUT2D eigenvalue weighted by molar-refractivity contribution is 5.66. The van der Waals surface area contributed by atoms with Crippen molar-refractivity contribution in [3.8, 4) is 0 Å². The summed E-state index contributed by atoms with van der Waals surface area (Å²) in [6, 6.07) is 4.40.